The molecular formula is C28H27F4N5O4. The number of likely N-dealkylation sites (tertiary alicyclic amines) is 1. The maximum Gasteiger partial charge on any atom is 0.423 e. The highest BCUT2D eigenvalue weighted by atomic mass is 19.4. The number of carbonyl (C=O) groups is 2. The summed E-state index contributed by atoms with van der Waals surface area (Å²) in [7, 11) is 3.16. The van der Waals surface area contributed by atoms with Crippen LogP contribution in [0.4, 0.5) is 29.2 Å². The van der Waals surface area contributed by atoms with Gasteiger partial charge in [0, 0.05) is 31.3 Å². The molecule has 2 aliphatic rings. The summed E-state index contributed by atoms with van der Waals surface area (Å²) in [6.45, 7) is 0.873. The maximum absolute atomic E-state index is 14.4. The number of carbonyl (C=O) groups excluding carboxylic acids is 2. The SMILES string of the molecule is COc1cc(C(=O)N[C@@H]2CCN(C)C[C@H]2F)ccc1Nc1ncc(C(F)(F)F)c(Oc2cccc3c2C(=O)CC3)n1. The molecule has 0 radical (unpaired) electrons. The van der Waals surface area contributed by atoms with Gasteiger partial charge in [0.2, 0.25) is 11.8 Å². The number of methoxy groups -OCH3 is 1. The van der Waals surface area contributed by atoms with Crippen molar-refractivity contribution in [2.24, 2.45) is 0 Å². The van der Waals surface area contributed by atoms with E-state index in [0.717, 1.165) is 0 Å². The molecule has 1 aliphatic carbocycles. The van der Waals surface area contributed by atoms with Gasteiger partial charge in [-0.25, -0.2) is 9.37 Å². The Kier molecular flexibility index (Phi) is 7.80. The highest BCUT2D eigenvalue weighted by Gasteiger charge is 2.37. The molecule has 41 heavy (non-hydrogen) atoms. The van der Waals surface area contributed by atoms with Crippen LogP contribution in [-0.2, 0) is 12.6 Å². The third kappa shape index (κ3) is 6.09. The quantitative estimate of drug-likeness (QED) is 0.383. The Morgan fingerprint density at radius 1 is 1.15 bits per heavy atom. The molecule has 3 aromatic rings. The fourth-order valence-corrected chi connectivity index (χ4v) is 4.89. The van der Waals surface area contributed by atoms with Crippen molar-refractivity contribution in [1.82, 2.24) is 20.2 Å². The molecule has 1 fully saturated rings. The minimum Gasteiger partial charge on any atom is -0.495 e. The molecule has 1 aliphatic heterocycles. The van der Waals surface area contributed by atoms with Gasteiger partial charge in [-0.3, -0.25) is 9.59 Å². The number of fused-ring (bicyclic) bond motifs is 1. The van der Waals surface area contributed by atoms with Crippen LogP contribution in [-0.4, -0.2) is 66.0 Å². The summed E-state index contributed by atoms with van der Waals surface area (Å²) in [4.78, 5) is 34.7. The van der Waals surface area contributed by atoms with Crippen LogP contribution in [0.25, 0.3) is 0 Å². The summed E-state index contributed by atoms with van der Waals surface area (Å²) in [5, 5.41) is 5.50. The van der Waals surface area contributed by atoms with Crippen LogP contribution in [0, 0.1) is 0 Å². The molecule has 0 bridgehead atoms. The zero-order valence-corrected chi connectivity index (χ0v) is 22.2. The number of anilines is 2. The molecule has 1 aromatic heterocycles. The number of rotatable bonds is 7. The van der Waals surface area contributed by atoms with Gasteiger partial charge in [-0.2, -0.15) is 18.2 Å². The summed E-state index contributed by atoms with van der Waals surface area (Å²) in [6, 6.07) is 8.47. The van der Waals surface area contributed by atoms with Crippen molar-refractivity contribution < 1.29 is 36.6 Å². The Labute approximate surface area is 232 Å². The first-order valence-electron chi connectivity index (χ1n) is 12.9. The van der Waals surface area contributed by atoms with Gasteiger partial charge in [0.25, 0.3) is 5.91 Å². The van der Waals surface area contributed by atoms with Gasteiger partial charge in [0.05, 0.1) is 24.4 Å². The number of halogens is 4. The van der Waals surface area contributed by atoms with Crippen molar-refractivity contribution in [3.05, 3.63) is 64.8 Å². The lowest BCUT2D eigenvalue weighted by Gasteiger charge is -2.32. The third-order valence-corrected chi connectivity index (χ3v) is 7.05. The number of aryl methyl sites for hydroxylation is 1. The Morgan fingerprint density at radius 3 is 2.68 bits per heavy atom. The summed E-state index contributed by atoms with van der Waals surface area (Å²) in [6.07, 6.45) is -4.25. The molecule has 0 unspecified atom stereocenters. The second kappa shape index (κ2) is 11.3. The number of amides is 1. The van der Waals surface area contributed by atoms with E-state index >= 15 is 0 Å². The van der Waals surface area contributed by atoms with Crippen molar-refractivity contribution in [3.63, 3.8) is 0 Å². The average Bonchev–Trinajstić information content (AvgIpc) is 3.31. The van der Waals surface area contributed by atoms with E-state index in [9.17, 15) is 27.2 Å². The molecule has 1 saturated heterocycles. The van der Waals surface area contributed by atoms with Crippen molar-refractivity contribution >= 4 is 23.3 Å². The standard InChI is InChI=1S/C28H27F4N5O4/c1-37-11-10-19(18(29)14-37)34-25(39)16-6-8-20(23(12-16)40-2)35-27-33-13-17(28(30,31)32)26(36-27)41-22-5-3-4-15-7-9-21(38)24(15)22/h3-6,8,12-13,18-19H,7,9-11,14H2,1-2H3,(H,34,39)(H,33,35,36)/t18-,19-/m1/s1. The van der Waals surface area contributed by atoms with E-state index < -0.39 is 35.7 Å². The van der Waals surface area contributed by atoms with E-state index in [1.165, 1.54) is 31.4 Å². The van der Waals surface area contributed by atoms with E-state index in [-0.39, 0.29) is 53.0 Å². The number of nitrogens with zero attached hydrogens (tertiary/aromatic N) is 3. The fraction of sp³-hybridized carbons (Fsp3) is 0.357. The zero-order chi connectivity index (χ0) is 29.3. The van der Waals surface area contributed by atoms with Crippen LogP contribution in [0.15, 0.2) is 42.6 Å². The fourth-order valence-electron chi connectivity index (χ4n) is 4.89. The van der Waals surface area contributed by atoms with Crippen LogP contribution in [0.3, 0.4) is 0 Å². The van der Waals surface area contributed by atoms with Crippen molar-refractivity contribution in [1.29, 1.82) is 0 Å². The number of Topliss-reactive ketones (excluding diaryl/α,β-unsaturated/α-hetero) is 1. The van der Waals surface area contributed by atoms with Gasteiger partial charge < -0.3 is 25.0 Å². The minimum absolute atomic E-state index is 0.0202. The summed E-state index contributed by atoms with van der Waals surface area (Å²) >= 11 is 0. The lowest BCUT2D eigenvalue weighted by Crippen LogP contribution is -2.51. The number of ether oxygens (including phenoxy) is 2. The van der Waals surface area contributed by atoms with Gasteiger partial charge in [0.1, 0.15) is 23.2 Å². The third-order valence-electron chi connectivity index (χ3n) is 7.05. The number of benzene rings is 2. The summed E-state index contributed by atoms with van der Waals surface area (Å²) < 4.78 is 66.7. The van der Waals surface area contributed by atoms with Crippen LogP contribution in [0.2, 0.25) is 0 Å². The molecule has 2 heterocycles. The van der Waals surface area contributed by atoms with Crippen molar-refractivity contribution in [2.75, 3.05) is 32.6 Å². The Morgan fingerprint density at radius 2 is 1.95 bits per heavy atom. The van der Waals surface area contributed by atoms with Crippen LogP contribution in [0.1, 0.15) is 44.7 Å². The molecule has 2 aromatic carbocycles. The number of hydrogen-bond acceptors (Lipinski definition) is 8. The van der Waals surface area contributed by atoms with E-state index in [1.807, 2.05) is 11.9 Å². The Balaban J connectivity index is 1.39. The summed E-state index contributed by atoms with van der Waals surface area (Å²) in [5.41, 5.74) is 0.181. The first-order chi connectivity index (χ1) is 19.5. The van der Waals surface area contributed by atoms with E-state index in [4.69, 9.17) is 9.47 Å². The molecule has 0 spiro atoms. The van der Waals surface area contributed by atoms with Crippen molar-refractivity contribution in [3.8, 4) is 17.4 Å². The van der Waals surface area contributed by atoms with Crippen LogP contribution in [0.5, 0.6) is 17.4 Å². The second-order valence-electron chi connectivity index (χ2n) is 9.91. The monoisotopic (exact) mass is 573 g/mol. The molecule has 2 N–H and O–H groups in total. The lowest BCUT2D eigenvalue weighted by atomic mass is 10.0. The highest BCUT2D eigenvalue weighted by molar-refractivity contribution is 6.03. The van der Waals surface area contributed by atoms with Gasteiger partial charge in [-0.1, -0.05) is 12.1 Å². The van der Waals surface area contributed by atoms with E-state index in [1.54, 1.807) is 12.1 Å². The maximum atomic E-state index is 14.4. The summed E-state index contributed by atoms with van der Waals surface area (Å²) in [5.74, 6) is -1.57. The second-order valence-corrected chi connectivity index (χ2v) is 9.91. The number of piperidine rings is 1. The van der Waals surface area contributed by atoms with Crippen LogP contribution >= 0.6 is 0 Å². The predicted molar refractivity (Wildman–Crippen MR) is 141 cm³/mol. The largest absolute Gasteiger partial charge is 0.495 e. The first kappa shape index (κ1) is 28.3. The number of nitrogens with one attached hydrogen (secondary N) is 2. The van der Waals surface area contributed by atoms with Gasteiger partial charge in [0.15, 0.2) is 5.78 Å². The van der Waals surface area contributed by atoms with E-state index in [2.05, 4.69) is 20.6 Å². The normalized spacial score (nSPS) is 19.0. The molecule has 0 saturated carbocycles. The van der Waals surface area contributed by atoms with Crippen LogP contribution < -0.4 is 20.1 Å². The number of hydrogen-bond donors (Lipinski definition) is 2. The minimum atomic E-state index is -4.82. The molecular weight excluding hydrogens is 546 g/mol. The first-order valence-corrected chi connectivity index (χ1v) is 12.9. The topological polar surface area (TPSA) is 106 Å². The predicted octanol–water partition coefficient (Wildman–Crippen LogP) is 4.94. The zero-order valence-electron chi connectivity index (χ0n) is 22.2. The molecule has 1 amide bonds. The molecule has 13 heteroatoms. The van der Waals surface area contributed by atoms with E-state index in [0.29, 0.717) is 31.1 Å². The highest BCUT2D eigenvalue weighted by Crippen LogP contribution is 2.40. The number of aromatic nitrogens is 2. The molecule has 9 nitrogen and oxygen atoms in total. The number of alkyl halides is 4. The molecule has 216 valence electrons. The number of ketones is 1. The lowest BCUT2D eigenvalue weighted by molar-refractivity contribution is -0.139. The van der Waals surface area contributed by atoms with Gasteiger partial charge in [-0.15, -0.1) is 0 Å². The molecule has 5 rings (SSSR count). The van der Waals surface area contributed by atoms with Gasteiger partial charge >= 0.3 is 6.18 Å². The molecule has 2 atom stereocenters. The van der Waals surface area contributed by atoms with Crippen molar-refractivity contribution in [2.45, 2.75) is 37.7 Å². The average molecular weight is 574 g/mol. The van der Waals surface area contributed by atoms with Gasteiger partial charge in [-0.05, 0) is 49.7 Å². The Bertz CT molecular complexity index is 1480. The Hall–Kier alpha value is -4.26. The smallest absolute Gasteiger partial charge is 0.423 e.